The molecule has 0 unspecified atom stereocenters. The number of likely N-dealkylation sites (N-methyl/N-ethyl adjacent to an activating group) is 1. The first-order valence-corrected chi connectivity index (χ1v) is 11.3. The molecule has 0 radical (unpaired) electrons. The van der Waals surface area contributed by atoms with Crippen LogP contribution in [0.1, 0.15) is 55.7 Å². The molecule has 166 valence electrons. The predicted octanol–water partition coefficient (Wildman–Crippen LogP) is -0.221. The summed E-state index contributed by atoms with van der Waals surface area (Å²) in [6.45, 7) is 14.7. The molecule has 0 bridgehead atoms. The van der Waals surface area contributed by atoms with Crippen molar-refractivity contribution in [2.75, 3.05) is 33.2 Å². The number of H-pyrrole nitrogens is 1. The van der Waals surface area contributed by atoms with E-state index in [1.54, 1.807) is 0 Å². The number of hydrogen-bond donors (Lipinski definition) is 3. The summed E-state index contributed by atoms with van der Waals surface area (Å²) in [6.07, 6.45) is 0.895. The third kappa shape index (κ3) is 4.02. The van der Waals surface area contributed by atoms with E-state index >= 15 is 0 Å². The minimum absolute atomic E-state index is 0.0508. The number of piperazine rings is 1. The van der Waals surface area contributed by atoms with E-state index in [4.69, 9.17) is 0 Å². The molecule has 1 fully saturated rings. The van der Waals surface area contributed by atoms with Gasteiger partial charge < -0.3 is 14.8 Å². The number of aromatic amines is 1. The number of hydrogen-bond acceptors (Lipinski definition) is 4. The fourth-order valence-electron chi connectivity index (χ4n) is 4.69. The number of tetrazole rings is 1. The number of nitrogens with zero attached hydrogens (tertiary/aromatic N) is 4. The molecule has 0 saturated carbocycles. The van der Waals surface area contributed by atoms with Crippen LogP contribution in [0, 0.1) is 13.8 Å². The molecule has 3 N–H and O–H groups in total. The normalized spacial score (nSPS) is 20.8. The van der Waals surface area contributed by atoms with Crippen molar-refractivity contribution in [3.63, 3.8) is 0 Å². The smallest absolute Gasteiger partial charge is 0.258 e. The minimum Gasteiger partial charge on any atom is -0.328 e. The number of quaternary nitrogens is 2. The van der Waals surface area contributed by atoms with E-state index in [1.807, 2.05) is 10.7 Å². The molecular weight excluding hydrogens is 390 g/mol. The quantitative estimate of drug-likeness (QED) is 0.528. The Balaban J connectivity index is 1.92. The molecule has 3 heterocycles. The van der Waals surface area contributed by atoms with Gasteiger partial charge in [0.2, 0.25) is 5.82 Å². The lowest BCUT2D eigenvalue weighted by Gasteiger charge is -2.34. The zero-order valence-electron chi connectivity index (χ0n) is 19.5. The van der Waals surface area contributed by atoms with Crippen molar-refractivity contribution in [2.45, 2.75) is 52.6 Å². The van der Waals surface area contributed by atoms with Crippen LogP contribution in [0.3, 0.4) is 0 Å². The van der Waals surface area contributed by atoms with Crippen LogP contribution in [-0.4, -0.2) is 58.4 Å². The molecule has 8 nitrogen and oxygen atoms in total. The van der Waals surface area contributed by atoms with Crippen LogP contribution < -0.4 is 15.4 Å². The molecule has 1 aliphatic heterocycles. The van der Waals surface area contributed by atoms with Crippen molar-refractivity contribution in [2.24, 2.45) is 0 Å². The molecule has 1 aliphatic rings. The highest BCUT2D eigenvalue weighted by Gasteiger charge is 2.39. The van der Waals surface area contributed by atoms with Gasteiger partial charge in [-0.1, -0.05) is 13.0 Å². The van der Waals surface area contributed by atoms with Gasteiger partial charge in [-0.2, -0.15) is 0 Å². The number of fused-ring (bicyclic) bond motifs is 1. The van der Waals surface area contributed by atoms with Gasteiger partial charge in [-0.25, -0.2) is 4.68 Å². The van der Waals surface area contributed by atoms with Crippen LogP contribution in [0.2, 0.25) is 0 Å². The highest BCUT2D eigenvalue weighted by atomic mass is 16.1. The van der Waals surface area contributed by atoms with Gasteiger partial charge in [0.15, 0.2) is 6.04 Å². The van der Waals surface area contributed by atoms with Crippen LogP contribution in [0.25, 0.3) is 10.9 Å². The van der Waals surface area contributed by atoms with Crippen LogP contribution >= 0.6 is 0 Å². The molecule has 3 aromatic rings. The lowest BCUT2D eigenvalue weighted by atomic mass is 9.97. The van der Waals surface area contributed by atoms with Gasteiger partial charge in [-0.3, -0.25) is 4.79 Å². The highest BCUT2D eigenvalue weighted by molar-refractivity contribution is 5.83. The highest BCUT2D eigenvalue weighted by Crippen LogP contribution is 2.26. The molecule has 2 aromatic heterocycles. The van der Waals surface area contributed by atoms with E-state index in [2.05, 4.69) is 74.3 Å². The Morgan fingerprint density at radius 1 is 1.16 bits per heavy atom. The minimum atomic E-state index is -0.231. The molecule has 1 aromatic carbocycles. The number of nitrogens with one attached hydrogen (secondary N) is 3. The molecule has 8 heteroatoms. The summed E-state index contributed by atoms with van der Waals surface area (Å²) in [5, 5.41) is 14.0. The van der Waals surface area contributed by atoms with Crippen LogP contribution in [0.15, 0.2) is 23.0 Å². The maximum Gasteiger partial charge on any atom is 0.258 e. The Morgan fingerprint density at radius 3 is 2.55 bits per heavy atom. The third-order valence-corrected chi connectivity index (χ3v) is 7.00. The topological polar surface area (TPSA) is 85.3 Å². The largest absolute Gasteiger partial charge is 0.328 e. The van der Waals surface area contributed by atoms with Gasteiger partial charge in [0, 0.05) is 10.9 Å². The third-order valence-electron chi connectivity index (χ3n) is 7.00. The molecule has 31 heavy (non-hydrogen) atoms. The standard InChI is InChI=1S/C23H33N7O/c1-7-23(4,5)30-21(25-26-27-30)20(29-10-8-28(6)9-11-29)18-14-17-16(3)12-15(2)13-19(17)24-22(18)31/h12-14,20H,7-11H2,1-6H3,(H,24,31)/p+2/t20-/m1/s1. The predicted molar refractivity (Wildman–Crippen MR) is 121 cm³/mol. The van der Waals surface area contributed by atoms with E-state index in [1.165, 1.54) is 9.80 Å². The number of aromatic nitrogens is 5. The van der Waals surface area contributed by atoms with Gasteiger partial charge in [0.25, 0.3) is 5.56 Å². The summed E-state index contributed by atoms with van der Waals surface area (Å²) < 4.78 is 1.93. The number of benzene rings is 1. The summed E-state index contributed by atoms with van der Waals surface area (Å²) in [4.78, 5) is 19.4. The Hall–Kier alpha value is -2.58. The summed E-state index contributed by atoms with van der Waals surface area (Å²) in [5.74, 6) is 0.774. The van der Waals surface area contributed by atoms with Gasteiger partial charge in [-0.15, -0.1) is 5.10 Å². The Labute approximate surface area is 183 Å². The van der Waals surface area contributed by atoms with E-state index in [0.29, 0.717) is 0 Å². The maximum absolute atomic E-state index is 13.4. The van der Waals surface area contributed by atoms with Crippen molar-refractivity contribution in [1.82, 2.24) is 25.2 Å². The SMILES string of the molecule is CCC(C)(C)n1nnnc1[C@@H](c1cc2c(C)cc(C)cc2[nH]c1=O)[NH+]1CC[NH+](C)CC1. The summed E-state index contributed by atoms with van der Waals surface area (Å²) in [7, 11) is 2.23. The van der Waals surface area contributed by atoms with Crippen molar-refractivity contribution in [3.8, 4) is 0 Å². The van der Waals surface area contributed by atoms with Crippen LogP contribution in [0.4, 0.5) is 0 Å². The monoisotopic (exact) mass is 425 g/mol. The summed E-state index contributed by atoms with van der Waals surface area (Å²) >= 11 is 0. The molecule has 1 saturated heterocycles. The molecule has 0 spiro atoms. The fourth-order valence-corrected chi connectivity index (χ4v) is 4.69. The molecule has 1 atom stereocenters. The summed E-state index contributed by atoms with van der Waals surface area (Å²) in [6, 6.07) is 6.07. The summed E-state index contributed by atoms with van der Waals surface area (Å²) in [5.41, 5.74) is 3.66. The van der Waals surface area contributed by atoms with E-state index < -0.39 is 0 Å². The van der Waals surface area contributed by atoms with E-state index in [0.717, 1.165) is 66.0 Å². The Bertz CT molecular complexity index is 1140. The zero-order chi connectivity index (χ0) is 22.3. The average molecular weight is 426 g/mol. The number of aryl methyl sites for hydroxylation is 2. The first kappa shape index (κ1) is 21.6. The first-order chi connectivity index (χ1) is 14.7. The number of rotatable bonds is 5. The zero-order valence-corrected chi connectivity index (χ0v) is 19.5. The molecule has 0 amide bonds. The average Bonchev–Trinajstić information content (AvgIpc) is 3.20. The Morgan fingerprint density at radius 2 is 1.87 bits per heavy atom. The fraction of sp³-hybridized carbons (Fsp3) is 0.565. The van der Waals surface area contributed by atoms with E-state index in [-0.39, 0.29) is 17.1 Å². The first-order valence-electron chi connectivity index (χ1n) is 11.3. The second kappa shape index (κ2) is 8.16. The van der Waals surface area contributed by atoms with Crippen molar-refractivity contribution < 1.29 is 9.80 Å². The van der Waals surface area contributed by atoms with Crippen LogP contribution in [-0.2, 0) is 5.54 Å². The van der Waals surface area contributed by atoms with Crippen molar-refractivity contribution in [1.29, 1.82) is 0 Å². The maximum atomic E-state index is 13.4. The lowest BCUT2D eigenvalue weighted by molar-refractivity contribution is -1.02. The van der Waals surface area contributed by atoms with Crippen molar-refractivity contribution >= 4 is 10.9 Å². The second-order valence-corrected chi connectivity index (χ2v) is 9.76. The van der Waals surface area contributed by atoms with Gasteiger partial charge >= 0.3 is 0 Å². The Kier molecular flexibility index (Phi) is 5.70. The molecular formula is C23H35N7O+2. The van der Waals surface area contributed by atoms with Gasteiger partial charge in [0.1, 0.15) is 26.2 Å². The van der Waals surface area contributed by atoms with Gasteiger partial charge in [-0.05, 0) is 67.8 Å². The van der Waals surface area contributed by atoms with Crippen molar-refractivity contribution in [3.05, 3.63) is 51.1 Å². The van der Waals surface area contributed by atoms with Crippen LogP contribution in [0.5, 0.6) is 0 Å². The number of pyridine rings is 1. The lowest BCUT2D eigenvalue weighted by Crippen LogP contribution is -3.27. The second-order valence-electron chi connectivity index (χ2n) is 9.76. The van der Waals surface area contributed by atoms with Gasteiger partial charge in [0.05, 0.1) is 18.2 Å². The van der Waals surface area contributed by atoms with E-state index in [9.17, 15) is 4.79 Å². The molecule has 4 rings (SSSR count). The molecule has 0 aliphatic carbocycles.